The molecule has 0 saturated carbocycles. The first kappa shape index (κ1) is 17.9. The molecule has 0 aliphatic rings. The summed E-state index contributed by atoms with van der Waals surface area (Å²) < 4.78 is 15.5. The zero-order valence-electron chi connectivity index (χ0n) is 14.4. The Morgan fingerprint density at radius 2 is 1.77 bits per heavy atom. The second-order valence-electron chi connectivity index (χ2n) is 5.39. The van der Waals surface area contributed by atoms with Gasteiger partial charge in [0.1, 0.15) is 17.1 Å². The third-order valence-corrected chi connectivity index (χ3v) is 4.57. The quantitative estimate of drug-likeness (QED) is 0.419. The summed E-state index contributed by atoms with van der Waals surface area (Å²) in [5, 5.41) is 1.25. The van der Waals surface area contributed by atoms with E-state index in [0.717, 1.165) is 22.4 Å². The lowest BCUT2D eigenvalue weighted by atomic mass is 10.1. The van der Waals surface area contributed by atoms with Crippen LogP contribution >= 0.6 is 11.8 Å². The lowest BCUT2D eigenvalue weighted by molar-refractivity contribution is 0.414. The van der Waals surface area contributed by atoms with E-state index in [9.17, 15) is 4.79 Å². The number of hydrogen-bond donors (Lipinski definition) is 1. The summed E-state index contributed by atoms with van der Waals surface area (Å²) in [4.78, 5) is 16.2. The van der Waals surface area contributed by atoms with Crippen molar-refractivity contribution in [2.24, 2.45) is 10.7 Å². The fraction of sp³-hybridized carbons (Fsp3) is 0.158. The standard InChI is InChI=1S/C19H18N2O4S/c1-23-14-5-3-13(4-6-14)21-19(20)26-11-12-9-18(22)25-17-10-15(24-2)7-8-16(12)17/h3-10H,11H2,1-2H3,(H2,20,21). The van der Waals surface area contributed by atoms with E-state index in [2.05, 4.69) is 4.99 Å². The van der Waals surface area contributed by atoms with Crippen LogP contribution in [0.4, 0.5) is 5.69 Å². The van der Waals surface area contributed by atoms with E-state index >= 15 is 0 Å². The molecule has 6 nitrogen and oxygen atoms in total. The number of benzene rings is 2. The van der Waals surface area contributed by atoms with Crippen LogP contribution in [0.5, 0.6) is 11.5 Å². The molecule has 3 aromatic rings. The van der Waals surface area contributed by atoms with Crippen molar-refractivity contribution in [1.29, 1.82) is 0 Å². The Bertz CT molecular complexity index is 997. The largest absolute Gasteiger partial charge is 0.497 e. The van der Waals surface area contributed by atoms with Crippen LogP contribution in [0.2, 0.25) is 0 Å². The Morgan fingerprint density at radius 1 is 1.08 bits per heavy atom. The predicted molar refractivity (Wildman–Crippen MR) is 105 cm³/mol. The number of amidine groups is 1. The van der Waals surface area contributed by atoms with Gasteiger partial charge in [0.05, 0.1) is 19.9 Å². The van der Waals surface area contributed by atoms with Gasteiger partial charge in [-0.05, 0) is 42.0 Å². The number of aliphatic imine (C=N–C) groups is 1. The van der Waals surface area contributed by atoms with E-state index < -0.39 is 5.63 Å². The Balaban J connectivity index is 1.80. The van der Waals surface area contributed by atoms with Crippen LogP contribution < -0.4 is 20.8 Å². The number of ether oxygens (including phenoxy) is 2. The molecule has 1 heterocycles. The molecule has 2 N–H and O–H groups in total. The molecule has 0 radical (unpaired) electrons. The predicted octanol–water partition coefficient (Wildman–Crippen LogP) is 3.69. The average molecular weight is 370 g/mol. The van der Waals surface area contributed by atoms with Gasteiger partial charge in [0, 0.05) is 23.3 Å². The van der Waals surface area contributed by atoms with Crippen LogP contribution in [0.3, 0.4) is 0 Å². The molecule has 0 aliphatic carbocycles. The van der Waals surface area contributed by atoms with E-state index in [1.807, 2.05) is 36.4 Å². The monoisotopic (exact) mass is 370 g/mol. The topological polar surface area (TPSA) is 87.1 Å². The first-order valence-electron chi connectivity index (χ1n) is 7.81. The second kappa shape index (κ2) is 7.97. The first-order valence-corrected chi connectivity index (χ1v) is 8.79. The zero-order valence-corrected chi connectivity index (χ0v) is 15.2. The fourth-order valence-corrected chi connectivity index (χ4v) is 3.14. The van der Waals surface area contributed by atoms with E-state index in [4.69, 9.17) is 19.6 Å². The molecule has 7 heteroatoms. The summed E-state index contributed by atoms with van der Waals surface area (Å²) in [5.74, 6) is 1.89. The van der Waals surface area contributed by atoms with Gasteiger partial charge in [-0.15, -0.1) is 0 Å². The van der Waals surface area contributed by atoms with Crippen LogP contribution in [0, 0.1) is 0 Å². The number of hydrogen-bond acceptors (Lipinski definition) is 6. The summed E-state index contributed by atoms with van der Waals surface area (Å²) in [5.41, 5.74) is 7.65. The van der Waals surface area contributed by atoms with Crippen molar-refractivity contribution in [2.45, 2.75) is 5.75 Å². The van der Waals surface area contributed by atoms with Crippen molar-refractivity contribution in [1.82, 2.24) is 0 Å². The zero-order chi connectivity index (χ0) is 18.5. The number of nitrogens with two attached hydrogens (primary N) is 1. The molecule has 0 spiro atoms. The minimum Gasteiger partial charge on any atom is -0.497 e. The average Bonchev–Trinajstić information content (AvgIpc) is 2.66. The van der Waals surface area contributed by atoms with Gasteiger partial charge >= 0.3 is 5.63 Å². The summed E-state index contributed by atoms with van der Waals surface area (Å²) >= 11 is 1.35. The van der Waals surface area contributed by atoms with E-state index in [0.29, 0.717) is 22.3 Å². The highest BCUT2D eigenvalue weighted by molar-refractivity contribution is 8.13. The van der Waals surface area contributed by atoms with Crippen LogP contribution in [0.15, 0.2) is 62.7 Å². The van der Waals surface area contributed by atoms with Gasteiger partial charge in [0.25, 0.3) is 0 Å². The molecule has 0 aliphatic heterocycles. The van der Waals surface area contributed by atoms with Gasteiger partial charge in [-0.2, -0.15) is 0 Å². The van der Waals surface area contributed by atoms with Crippen LogP contribution in [0.1, 0.15) is 5.56 Å². The summed E-state index contributed by atoms with van der Waals surface area (Å²) in [6.07, 6.45) is 0. The Morgan fingerprint density at radius 3 is 2.46 bits per heavy atom. The van der Waals surface area contributed by atoms with Crippen molar-refractivity contribution in [3.8, 4) is 11.5 Å². The molecule has 3 rings (SSSR count). The molecule has 2 aromatic carbocycles. The van der Waals surface area contributed by atoms with Crippen molar-refractivity contribution in [2.75, 3.05) is 14.2 Å². The van der Waals surface area contributed by atoms with Gasteiger partial charge in [0.15, 0.2) is 5.17 Å². The highest BCUT2D eigenvalue weighted by atomic mass is 32.2. The highest BCUT2D eigenvalue weighted by Gasteiger charge is 2.08. The lowest BCUT2D eigenvalue weighted by Crippen LogP contribution is -2.07. The van der Waals surface area contributed by atoms with E-state index in [1.54, 1.807) is 20.3 Å². The van der Waals surface area contributed by atoms with Gasteiger partial charge in [0.2, 0.25) is 0 Å². The van der Waals surface area contributed by atoms with E-state index in [-0.39, 0.29) is 0 Å². The summed E-state index contributed by atoms with van der Waals surface area (Å²) in [6, 6.07) is 14.1. The van der Waals surface area contributed by atoms with Gasteiger partial charge < -0.3 is 19.6 Å². The SMILES string of the molecule is COc1ccc(N=C(N)SCc2cc(=O)oc3cc(OC)ccc23)cc1. The van der Waals surface area contributed by atoms with Gasteiger partial charge in [-0.3, -0.25) is 0 Å². The van der Waals surface area contributed by atoms with Crippen molar-refractivity contribution in [3.63, 3.8) is 0 Å². The molecule has 0 fully saturated rings. The Kier molecular flexibility index (Phi) is 5.48. The van der Waals surface area contributed by atoms with Crippen LogP contribution in [-0.2, 0) is 5.75 Å². The highest BCUT2D eigenvalue weighted by Crippen LogP contribution is 2.26. The maximum atomic E-state index is 11.8. The maximum Gasteiger partial charge on any atom is 0.336 e. The fourth-order valence-electron chi connectivity index (χ4n) is 2.42. The van der Waals surface area contributed by atoms with Gasteiger partial charge in [-0.1, -0.05) is 11.8 Å². The smallest absolute Gasteiger partial charge is 0.336 e. The number of methoxy groups -OCH3 is 2. The molecular weight excluding hydrogens is 352 g/mol. The van der Waals surface area contributed by atoms with Gasteiger partial charge in [-0.25, -0.2) is 9.79 Å². The van der Waals surface area contributed by atoms with Crippen molar-refractivity contribution < 1.29 is 13.9 Å². The third-order valence-electron chi connectivity index (χ3n) is 3.72. The minimum atomic E-state index is -0.410. The van der Waals surface area contributed by atoms with E-state index in [1.165, 1.54) is 17.8 Å². The second-order valence-corrected chi connectivity index (χ2v) is 6.39. The molecule has 1 aromatic heterocycles. The van der Waals surface area contributed by atoms with Crippen LogP contribution in [0.25, 0.3) is 11.0 Å². The Labute approximate surface area is 154 Å². The summed E-state index contributed by atoms with van der Waals surface area (Å²) in [7, 11) is 3.17. The third kappa shape index (κ3) is 4.18. The number of thioether (sulfide) groups is 1. The molecular formula is C19H18N2O4S. The Hall–Kier alpha value is -2.93. The molecule has 0 unspecified atom stereocenters. The summed E-state index contributed by atoms with van der Waals surface area (Å²) in [6.45, 7) is 0. The van der Waals surface area contributed by atoms with Crippen molar-refractivity contribution >= 4 is 33.6 Å². The number of fused-ring (bicyclic) bond motifs is 1. The lowest BCUT2D eigenvalue weighted by Gasteiger charge is -2.07. The number of nitrogens with zero attached hydrogens (tertiary/aromatic N) is 1. The first-order chi connectivity index (χ1) is 12.6. The number of rotatable bonds is 5. The molecule has 0 atom stereocenters. The molecule has 26 heavy (non-hydrogen) atoms. The molecule has 134 valence electrons. The molecule has 0 saturated heterocycles. The normalized spacial score (nSPS) is 11.5. The van der Waals surface area contributed by atoms with Crippen molar-refractivity contribution in [3.05, 3.63) is 64.5 Å². The van der Waals surface area contributed by atoms with Crippen LogP contribution in [-0.4, -0.2) is 19.4 Å². The molecule has 0 amide bonds. The molecule has 0 bridgehead atoms. The minimum absolute atomic E-state index is 0.407. The maximum absolute atomic E-state index is 11.8.